The van der Waals surface area contributed by atoms with E-state index in [0.717, 1.165) is 0 Å². The molecule has 0 aliphatic heterocycles. The molecule has 151 valence electrons. The van der Waals surface area contributed by atoms with E-state index in [9.17, 15) is 0 Å². The van der Waals surface area contributed by atoms with Gasteiger partial charge in [-0.05, 0) is 73.3 Å². The minimum atomic E-state index is 0. The maximum atomic E-state index is 4.62. The van der Waals surface area contributed by atoms with E-state index >= 15 is 0 Å². The molecule has 0 aromatic carbocycles. The summed E-state index contributed by atoms with van der Waals surface area (Å²) < 4.78 is 0. The van der Waals surface area contributed by atoms with Crippen molar-refractivity contribution in [2.45, 2.75) is 0 Å². The Bertz CT molecular complexity index is 273. The zero-order valence-electron chi connectivity index (χ0n) is 12.8. The molecule has 0 saturated heterocycles. The molecule has 19 heteroatoms. The normalized spacial score (nSPS) is 5.76. The van der Waals surface area contributed by atoms with Gasteiger partial charge in [-0.2, -0.15) is 0 Å². The third-order valence-electron chi connectivity index (χ3n) is 0. The van der Waals surface area contributed by atoms with Crippen LogP contribution in [0.25, 0.3) is 0 Å². The molecule has 0 rings (SSSR count). The molecule has 0 atom stereocenters. The molecule has 12 nitrogen and oxygen atoms in total. The molecule has 1 radical (unpaired) electrons. The van der Waals surface area contributed by atoms with Gasteiger partial charge in [0.15, 0.2) is 30.7 Å². The van der Waals surface area contributed by atoms with Crippen molar-refractivity contribution in [2.75, 3.05) is 0 Å². The van der Waals surface area contributed by atoms with Crippen molar-refractivity contribution in [1.29, 1.82) is 0 Å². The van der Waals surface area contributed by atoms with Gasteiger partial charge >= 0.3 is 0 Å². The standard InChI is InChI=1S/6CH4N2S.Tc/c6*2-1(3)4;/h6*(H4,2,3,4);. The molecule has 0 amide bonds. The molecule has 0 aromatic heterocycles. The van der Waals surface area contributed by atoms with Crippen LogP contribution in [0.15, 0.2) is 0 Å². The molecule has 0 unspecified atom stereocenters. The van der Waals surface area contributed by atoms with E-state index in [1.54, 1.807) is 0 Å². The summed E-state index contributed by atoms with van der Waals surface area (Å²) in [5.74, 6) is 0. The Morgan fingerprint density at radius 1 is 0.280 bits per heavy atom. The maximum Gasteiger partial charge on any atom is 0.160 e. The van der Waals surface area contributed by atoms with Gasteiger partial charge in [0.1, 0.15) is 0 Å². The van der Waals surface area contributed by atoms with Crippen LogP contribution in [0.2, 0.25) is 0 Å². The van der Waals surface area contributed by atoms with Crippen LogP contribution < -0.4 is 68.8 Å². The second kappa shape index (κ2) is 38.4. The monoisotopic (exact) mass is 553 g/mol. The van der Waals surface area contributed by atoms with Crippen LogP contribution in [0.3, 0.4) is 0 Å². The van der Waals surface area contributed by atoms with Crippen molar-refractivity contribution in [3.8, 4) is 0 Å². The Kier molecular flexibility index (Phi) is 67.3. The molecule has 0 bridgehead atoms. The second-order valence-corrected chi connectivity index (χ2v) is 5.24. The van der Waals surface area contributed by atoms with E-state index in [4.69, 9.17) is 0 Å². The Labute approximate surface area is 191 Å². The Morgan fingerprint density at radius 3 is 0.280 bits per heavy atom. The number of hydrogen-bond acceptors (Lipinski definition) is 6. The Hall–Kier alpha value is -1.21. The molecule has 0 aliphatic carbocycles. The maximum absolute atomic E-state index is 4.62. The number of thiocarbonyl (C=S) groups is 6. The fourth-order valence-electron chi connectivity index (χ4n) is 0. The first-order valence-electron chi connectivity index (χ1n) is 4.69. The zero-order valence-corrected chi connectivity index (χ0v) is 19.5. The molecular formula is C6H24N12S6Tc. The summed E-state index contributed by atoms with van der Waals surface area (Å²) in [4.78, 5) is 0. The summed E-state index contributed by atoms with van der Waals surface area (Å²) in [6.45, 7) is 0. The minimum absolute atomic E-state index is 0. The average Bonchev–Trinajstić information content (AvgIpc) is 2.08. The smallest absolute Gasteiger partial charge is 0.160 e. The van der Waals surface area contributed by atoms with Gasteiger partial charge in [0.25, 0.3) is 0 Å². The van der Waals surface area contributed by atoms with Crippen molar-refractivity contribution in [3.63, 3.8) is 0 Å². The summed E-state index contributed by atoms with van der Waals surface area (Å²) in [6.07, 6.45) is 0. The third kappa shape index (κ3) is 6720. The molecule has 0 aliphatic rings. The van der Waals surface area contributed by atoms with Crippen molar-refractivity contribution >= 4 is 104 Å². The minimum Gasteiger partial charge on any atom is -0.377 e. The van der Waals surface area contributed by atoms with Crippen LogP contribution in [-0.4, -0.2) is 30.7 Å². The SMILES string of the molecule is NC(N)=S.NC(N)=S.NC(N)=S.NC(N)=S.NC(N)=S.NC(N)=S.[Tc]. The van der Waals surface area contributed by atoms with Crippen LogP contribution in [0.1, 0.15) is 0 Å². The first kappa shape index (κ1) is 43.8. The largest absolute Gasteiger partial charge is 0.377 e. The van der Waals surface area contributed by atoms with Gasteiger partial charge in [-0.25, -0.2) is 0 Å². The second-order valence-electron chi connectivity index (χ2n) is 2.41. The van der Waals surface area contributed by atoms with Gasteiger partial charge in [-0.15, -0.1) is 0 Å². The zero-order chi connectivity index (χ0) is 21.5. The van der Waals surface area contributed by atoms with Crippen molar-refractivity contribution in [3.05, 3.63) is 0 Å². The van der Waals surface area contributed by atoms with E-state index < -0.39 is 0 Å². The van der Waals surface area contributed by atoms with Crippen LogP contribution in [0, 0.1) is 0 Å². The van der Waals surface area contributed by atoms with E-state index in [1.165, 1.54) is 0 Å². The summed E-state index contributed by atoms with van der Waals surface area (Å²) >= 11 is 24.6. The fourth-order valence-corrected chi connectivity index (χ4v) is 0. The number of hydrogen-bond donors (Lipinski definition) is 12. The molecule has 0 heterocycles. The van der Waals surface area contributed by atoms with E-state index in [1.807, 2.05) is 0 Å². The van der Waals surface area contributed by atoms with E-state index in [-0.39, 0.29) is 50.8 Å². The Balaban J connectivity index is -0.0000000309. The first-order valence-corrected chi connectivity index (χ1v) is 7.14. The molecular weight excluding hydrogens is 531 g/mol. The number of nitrogens with two attached hydrogens (primary N) is 12. The predicted molar refractivity (Wildman–Crippen MR) is 126 cm³/mol. The molecule has 25 heavy (non-hydrogen) atoms. The molecule has 0 fully saturated rings. The van der Waals surface area contributed by atoms with Gasteiger partial charge in [0.2, 0.25) is 0 Å². The molecule has 0 spiro atoms. The van der Waals surface area contributed by atoms with Gasteiger partial charge in [0.05, 0.1) is 0 Å². The Morgan fingerprint density at radius 2 is 0.280 bits per heavy atom. The van der Waals surface area contributed by atoms with Crippen molar-refractivity contribution in [1.82, 2.24) is 0 Å². The summed E-state index contributed by atoms with van der Waals surface area (Å²) in [5.41, 5.74) is 55.4. The first-order chi connectivity index (χ1) is 10.4. The van der Waals surface area contributed by atoms with Crippen LogP contribution in [-0.2, 0) is 20.1 Å². The van der Waals surface area contributed by atoms with Gasteiger partial charge in [-0.1, -0.05) is 0 Å². The third-order valence-corrected chi connectivity index (χ3v) is 0. The molecule has 24 N–H and O–H groups in total. The predicted octanol–water partition coefficient (Wildman–Crippen LogP) is -4.87. The summed E-state index contributed by atoms with van der Waals surface area (Å²) in [6, 6.07) is 0. The van der Waals surface area contributed by atoms with Crippen LogP contribution >= 0.6 is 73.3 Å². The molecule has 0 aromatic rings. The quantitative estimate of drug-likeness (QED) is 0.125. The van der Waals surface area contributed by atoms with Crippen LogP contribution in [0.5, 0.6) is 0 Å². The summed E-state index contributed by atoms with van der Waals surface area (Å²) in [7, 11) is 0. The van der Waals surface area contributed by atoms with Crippen molar-refractivity contribution < 1.29 is 20.1 Å². The topological polar surface area (TPSA) is 312 Å². The number of rotatable bonds is 0. The van der Waals surface area contributed by atoms with E-state index in [2.05, 4.69) is 142 Å². The van der Waals surface area contributed by atoms with Crippen LogP contribution in [0.4, 0.5) is 0 Å². The van der Waals surface area contributed by atoms with E-state index in [0.29, 0.717) is 0 Å². The summed E-state index contributed by atoms with van der Waals surface area (Å²) in [5, 5.41) is 0.00000000000000133. The van der Waals surface area contributed by atoms with Gasteiger partial charge in [-0.3, -0.25) is 0 Å². The van der Waals surface area contributed by atoms with Gasteiger partial charge < -0.3 is 68.8 Å². The molecule has 0 saturated carbocycles. The fraction of sp³-hybridized carbons (Fsp3) is 0. The van der Waals surface area contributed by atoms with Crippen molar-refractivity contribution in [2.24, 2.45) is 68.8 Å². The average molecular weight is 555 g/mol. The van der Waals surface area contributed by atoms with Gasteiger partial charge in [0, 0.05) is 20.1 Å².